The summed E-state index contributed by atoms with van der Waals surface area (Å²) in [6.45, 7) is 0. The van der Waals surface area contributed by atoms with Crippen molar-refractivity contribution in [2.24, 2.45) is 0 Å². The van der Waals surface area contributed by atoms with Crippen molar-refractivity contribution < 1.29 is 0 Å². The lowest BCUT2D eigenvalue weighted by atomic mass is 9.70. The fraction of sp³-hybridized carbons (Fsp3) is 0.0175. The van der Waals surface area contributed by atoms with E-state index in [0.717, 1.165) is 76.8 Å². The quantitative estimate of drug-likeness (QED) is 0.164. The standard InChI is InChI=1S/C57H32N2O2/c60-55-41-20-6-4-16-36(41)44-30-33(26-29-51(44)58(55)35-14-2-1-3-15-35)34-31-45-37-17-5-7-21-42(37)56(61)59-53(45)46(32-34)40-27-28-50-52(54(40)59)43-22-10-13-25-49(43)57(50)47-23-11-8-18-38(47)39-19-9-12-24-48(39)57/h1-32H. The Hall–Kier alpha value is -8.08. The van der Waals surface area contributed by atoms with E-state index in [1.807, 2.05) is 81.8 Å². The molecule has 1 spiro atoms. The fourth-order valence-electron chi connectivity index (χ4n) is 11.5. The van der Waals surface area contributed by atoms with Gasteiger partial charge in [-0.1, -0.05) is 146 Å². The zero-order chi connectivity index (χ0) is 40.1. The molecule has 61 heavy (non-hydrogen) atoms. The largest absolute Gasteiger partial charge is 0.276 e. The molecule has 0 radical (unpaired) electrons. The smallest absolute Gasteiger partial charge is 0.263 e. The van der Waals surface area contributed by atoms with Crippen LogP contribution in [0.1, 0.15) is 22.3 Å². The van der Waals surface area contributed by atoms with E-state index in [1.165, 1.54) is 33.4 Å². The highest BCUT2D eigenvalue weighted by Gasteiger charge is 2.52. The summed E-state index contributed by atoms with van der Waals surface area (Å²) in [6, 6.07) is 68.0. The molecule has 0 bridgehead atoms. The number of aromatic nitrogens is 2. The summed E-state index contributed by atoms with van der Waals surface area (Å²) in [5.74, 6) is 0. The second-order valence-corrected chi connectivity index (χ2v) is 16.6. The average molecular weight is 777 g/mol. The third-order valence-electron chi connectivity index (χ3n) is 13.9. The van der Waals surface area contributed by atoms with Gasteiger partial charge in [0, 0.05) is 43.6 Å². The van der Waals surface area contributed by atoms with Gasteiger partial charge in [0.1, 0.15) is 0 Å². The van der Waals surface area contributed by atoms with Crippen LogP contribution in [0.25, 0.3) is 98.7 Å². The zero-order valence-corrected chi connectivity index (χ0v) is 32.7. The van der Waals surface area contributed by atoms with Gasteiger partial charge in [0.25, 0.3) is 11.1 Å². The molecule has 0 unspecified atom stereocenters. The number of hydrogen-bond donors (Lipinski definition) is 0. The molecule has 0 fully saturated rings. The van der Waals surface area contributed by atoms with Crippen LogP contribution in [0, 0.1) is 0 Å². The summed E-state index contributed by atoms with van der Waals surface area (Å²) in [5.41, 5.74) is 14.9. The number of nitrogens with zero attached hydrogens (tertiary/aromatic N) is 2. The molecular formula is C57H32N2O2. The molecule has 0 saturated heterocycles. The van der Waals surface area contributed by atoms with Gasteiger partial charge >= 0.3 is 0 Å². The van der Waals surface area contributed by atoms with Crippen LogP contribution in [-0.2, 0) is 5.41 Å². The number of hydrogen-bond acceptors (Lipinski definition) is 2. The van der Waals surface area contributed by atoms with Gasteiger partial charge in [0.15, 0.2) is 0 Å². The van der Waals surface area contributed by atoms with Crippen LogP contribution in [0.3, 0.4) is 0 Å². The van der Waals surface area contributed by atoms with Gasteiger partial charge < -0.3 is 0 Å². The summed E-state index contributed by atoms with van der Waals surface area (Å²) < 4.78 is 3.86. The first-order chi connectivity index (χ1) is 30.1. The van der Waals surface area contributed by atoms with Gasteiger partial charge in [-0.2, -0.15) is 0 Å². The number of pyridine rings is 2. The van der Waals surface area contributed by atoms with E-state index in [2.05, 4.69) is 121 Å². The lowest BCUT2D eigenvalue weighted by Gasteiger charge is -2.30. The van der Waals surface area contributed by atoms with Crippen LogP contribution in [0.2, 0.25) is 0 Å². The Morgan fingerprint density at radius 3 is 1.56 bits per heavy atom. The Morgan fingerprint density at radius 1 is 0.344 bits per heavy atom. The summed E-state index contributed by atoms with van der Waals surface area (Å²) in [6.07, 6.45) is 0. The Balaban J connectivity index is 1.12. The second-order valence-electron chi connectivity index (χ2n) is 16.6. The molecule has 0 N–H and O–H groups in total. The molecule has 12 aromatic rings. The highest BCUT2D eigenvalue weighted by atomic mass is 16.1. The molecule has 2 aliphatic rings. The van der Waals surface area contributed by atoms with Gasteiger partial charge in [-0.15, -0.1) is 0 Å². The van der Waals surface area contributed by atoms with E-state index >= 15 is 4.79 Å². The van der Waals surface area contributed by atoms with Crippen molar-refractivity contribution in [3.63, 3.8) is 0 Å². The topological polar surface area (TPSA) is 43.5 Å². The third kappa shape index (κ3) is 3.95. The normalized spacial score (nSPS) is 13.5. The van der Waals surface area contributed by atoms with E-state index < -0.39 is 5.41 Å². The Labute approximate surface area is 348 Å². The maximum Gasteiger partial charge on any atom is 0.263 e. The maximum atomic E-state index is 15.1. The summed E-state index contributed by atoms with van der Waals surface area (Å²) in [4.78, 5) is 29.2. The monoisotopic (exact) mass is 776 g/mol. The van der Waals surface area contributed by atoms with Crippen molar-refractivity contribution in [3.8, 4) is 39.1 Å². The molecule has 282 valence electrons. The lowest BCUT2D eigenvalue weighted by molar-refractivity contribution is 0.794. The Morgan fingerprint density at radius 2 is 0.869 bits per heavy atom. The summed E-state index contributed by atoms with van der Waals surface area (Å²) in [7, 11) is 0. The van der Waals surface area contributed by atoms with E-state index in [0.29, 0.717) is 10.8 Å². The van der Waals surface area contributed by atoms with Crippen molar-refractivity contribution in [1.29, 1.82) is 0 Å². The van der Waals surface area contributed by atoms with Crippen molar-refractivity contribution in [2.75, 3.05) is 0 Å². The van der Waals surface area contributed by atoms with Crippen molar-refractivity contribution in [3.05, 3.63) is 237 Å². The summed E-state index contributed by atoms with van der Waals surface area (Å²) >= 11 is 0. The predicted octanol–water partition coefficient (Wildman–Crippen LogP) is 12.7. The van der Waals surface area contributed by atoms with E-state index in [4.69, 9.17) is 0 Å². The van der Waals surface area contributed by atoms with Crippen LogP contribution in [-0.4, -0.2) is 8.97 Å². The fourth-order valence-corrected chi connectivity index (χ4v) is 11.5. The highest BCUT2D eigenvalue weighted by Crippen LogP contribution is 2.64. The molecule has 4 nitrogen and oxygen atoms in total. The number of fused-ring (bicyclic) bond motifs is 19. The van der Waals surface area contributed by atoms with Crippen LogP contribution < -0.4 is 11.1 Å². The predicted molar refractivity (Wildman–Crippen MR) is 250 cm³/mol. The SMILES string of the molecule is O=c1c2ccccc2c2cc(-c3cc4c5ccccc5c(=O)n5c6c7c(ccc6c(c3)c45)C3(c4ccccc4-c4ccccc43)c3ccccc3-7)ccc2n1-c1ccccc1. The Bertz CT molecular complexity index is 4000. The number of benzene rings is 9. The minimum absolute atomic E-state index is 0.00837. The Kier molecular flexibility index (Phi) is 6.22. The molecule has 9 aromatic carbocycles. The van der Waals surface area contributed by atoms with Crippen LogP contribution in [0.5, 0.6) is 0 Å². The molecule has 2 aliphatic carbocycles. The lowest BCUT2D eigenvalue weighted by Crippen LogP contribution is -2.25. The molecule has 0 atom stereocenters. The number of rotatable bonds is 2. The first kappa shape index (κ1) is 32.8. The minimum atomic E-state index is -0.526. The van der Waals surface area contributed by atoms with Gasteiger partial charge in [-0.3, -0.25) is 18.6 Å². The van der Waals surface area contributed by atoms with Crippen molar-refractivity contribution >= 4 is 59.6 Å². The van der Waals surface area contributed by atoms with Gasteiger partial charge in [0.2, 0.25) is 0 Å². The first-order valence-electron chi connectivity index (χ1n) is 20.9. The zero-order valence-electron chi connectivity index (χ0n) is 32.7. The van der Waals surface area contributed by atoms with Crippen LogP contribution in [0.15, 0.2) is 204 Å². The first-order valence-corrected chi connectivity index (χ1v) is 20.9. The van der Waals surface area contributed by atoms with Crippen molar-refractivity contribution in [1.82, 2.24) is 8.97 Å². The minimum Gasteiger partial charge on any atom is -0.276 e. The second kappa shape index (κ2) is 11.6. The molecular weight excluding hydrogens is 745 g/mol. The van der Waals surface area contributed by atoms with Gasteiger partial charge in [0.05, 0.1) is 22.0 Å². The molecule has 0 amide bonds. The molecule has 3 aromatic heterocycles. The van der Waals surface area contributed by atoms with Gasteiger partial charge in [-0.25, -0.2) is 0 Å². The highest BCUT2D eigenvalue weighted by molar-refractivity contribution is 6.24. The summed E-state index contributed by atoms with van der Waals surface area (Å²) in [5, 5.41) is 7.35. The van der Waals surface area contributed by atoms with E-state index in [9.17, 15) is 4.79 Å². The van der Waals surface area contributed by atoms with Crippen LogP contribution in [0.4, 0.5) is 0 Å². The van der Waals surface area contributed by atoms with Gasteiger partial charge in [-0.05, 0) is 109 Å². The maximum absolute atomic E-state index is 15.1. The molecule has 14 rings (SSSR count). The third-order valence-corrected chi connectivity index (χ3v) is 13.9. The molecule has 0 saturated carbocycles. The average Bonchev–Trinajstić information content (AvgIpc) is 3.93. The van der Waals surface area contributed by atoms with E-state index in [-0.39, 0.29) is 11.1 Å². The van der Waals surface area contributed by atoms with Crippen molar-refractivity contribution in [2.45, 2.75) is 5.41 Å². The molecule has 3 heterocycles. The number of para-hydroxylation sites is 1. The molecule has 4 heteroatoms. The van der Waals surface area contributed by atoms with Crippen LogP contribution >= 0.6 is 0 Å². The molecule has 0 aliphatic heterocycles. The van der Waals surface area contributed by atoms with E-state index in [1.54, 1.807) is 0 Å².